The van der Waals surface area contributed by atoms with E-state index in [2.05, 4.69) is 0 Å². The summed E-state index contributed by atoms with van der Waals surface area (Å²) < 4.78 is 0. The molecule has 0 aromatic rings. The van der Waals surface area contributed by atoms with Gasteiger partial charge in [-0.15, -0.1) is 0 Å². The summed E-state index contributed by atoms with van der Waals surface area (Å²) in [7, 11) is 0. The van der Waals surface area contributed by atoms with Crippen LogP contribution in [0.2, 0.25) is 0 Å². The van der Waals surface area contributed by atoms with Crippen molar-refractivity contribution in [2.45, 2.75) is 0 Å². The number of hydrogen-bond donors (Lipinski definition) is 0. The molecule has 5 heavy (non-hydrogen) atoms. The normalized spacial score (nSPS) is 0. The van der Waals surface area contributed by atoms with E-state index in [0.29, 0.717) is 0 Å². The average molecular weight is 270 g/mol. The molecule has 0 bridgehead atoms. The van der Waals surface area contributed by atoms with Crippen LogP contribution in [0.4, 0.5) is 0 Å². The first-order valence-electron chi connectivity index (χ1n) is 0. The van der Waals surface area contributed by atoms with Crippen LogP contribution in [-0.4, -0.2) is 5.48 Å². The zero-order valence-corrected chi connectivity index (χ0v) is 9.02. The van der Waals surface area contributed by atoms with Crippen molar-refractivity contribution < 1.29 is 91.6 Å². The van der Waals surface area contributed by atoms with E-state index < -0.39 is 0 Å². The van der Waals surface area contributed by atoms with Gasteiger partial charge in [-0.05, 0) is 0 Å². The van der Waals surface area contributed by atoms with Gasteiger partial charge in [0.25, 0.3) is 0 Å². The maximum atomic E-state index is 0. The van der Waals surface area contributed by atoms with Gasteiger partial charge in [-0.1, -0.05) is 0 Å². The molecule has 0 heterocycles. The molecule has 0 fully saturated rings. The van der Waals surface area contributed by atoms with Crippen LogP contribution in [-0.2, 0) is 31.7 Å². The van der Waals surface area contributed by atoms with Gasteiger partial charge >= 0.3 is 80.7 Å². The smallest absolute Gasteiger partial charge is 2.00 e. The second kappa shape index (κ2) is 30.7. The molecular weight excluding hydrogens is 269 g/mol. The van der Waals surface area contributed by atoms with E-state index in [0.717, 1.165) is 0 Å². The quantitative estimate of drug-likeness (QED) is 0.426. The molecule has 2 nitrogen and oxygen atoms in total. The van der Waals surface area contributed by atoms with Crippen LogP contribution in [0, 0.1) is 35.6 Å². The van der Waals surface area contributed by atoms with Crippen molar-refractivity contribution in [3.8, 4) is 0 Å². The van der Waals surface area contributed by atoms with Gasteiger partial charge < -0.3 is 11.0 Å². The predicted octanol–water partition coefficient (Wildman–Crippen LogP) is -3.29. The third-order valence-electron chi connectivity index (χ3n) is 0. The molecule has 0 aliphatic heterocycles. The monoisotopic (exact) mass is 269 g/mol. The van der Waals surface area contributed by atoms with Gasteiger partial charge in [0, 0.05) is 0 Å². The summed E-state index contributed by atoms with van der Waals surface area (Å²) in [6.07, 6.45) is 0. The third-order valence-corrected chi connectivity index (χ3v) is 0. The molecule has 5 heteroatoms. The Kier molecular flexibility index (Phi) is 301. The molecule has 0 aliphatic rings. The Labute approximate surface area is 90.0 Å². The molecule has 0 aliphatic carbocycles. The van der Waals surface area contributed by atoms with Crippen molar-refractivity contribution in [3.05, 3.63) is 0 Å². The van der Waals surface area contributed by atoms with Crippen LogP contribution in [0.25, 0.3) is 0 Å². The van der Waals surface area contributed by atoms with E-state index >= 15 is 0 Å². The molecule has 0 radical (unpaired) electrons. The molecule has 0 aromatic heterocycles. The molecule has 0 amide bonds. The van der Waals surface area contributed by atoms with Crippen LogP contribution in [0.5, 0.6) is 0 Å². The molecule has 16 valence electrons. The summed E-state index contributed by atoms with van der Waals surface area (Å²) in [5.41, 5.74) is 0. The Bertz CT molecular complexity index is 9.61. The van der Waals surface area contributed by atoms with Crippen molar-refractivity contribution in [1.29, 1.82) is 0 Å². The van der Waals surface area contributed by atoms with Crippen molar-refractivity contribution in [1.82, 2.24) is 0 Å². The van der Waals surface area contributed by atoms with Crippen LogP contribution in [0.3, 0.4) is 0 Å². The Hall–Kier alpha value is 2.60. The summed E-state index contributed by atoms with van der Waals surface area (Å²) in [6, 6.07) is 0. The Morgan fingerprint density at radius 2 is 1.00 bits per heavy atom. The van der Waals surface area contributed by atoms with Gasteiger partial charge in [-0.25, -0.2) is 0 Å². The zero-order chi connectivity index (χ0) is 0. The van der Waals surface area contributed by atoms with E-state index in [9.17, 15) is 0 Å². The van der Waals surface area contributed by atoms with Gasteiger partial charge in [0.2, 0.25) is 0 Å². The van der Waals surface area contributed by atoms with Crippen LogP contribution >= 0.6 is 0 Å². The van der Waals surface area contributed by atoms with Crippen LogP contribution in [0.1, 0.15) is 0 Å². The van der Waals surface area contributed by atoms with Gasteiger partial charge in [-0.2, -0.15) is 0 Å². The average Bonchev–Trinajstić information content (AvgIpc) is 0. The van der Waals surface area contributed by atoms with Crippen molar-refractivity contribution in [3.63, 3.8) is 0 Å². The maximum absolute atomic E-state index is 0. The molecular formula is HLaLiO2Zr+5. The molecule has 0 unspecified atom stereocenters. The fourth-order valence-corrected chi connectivity index (χ4v) is 0. The van der Waals surface area contributed by atoms with E-state index in [1.54, 1.807) is 0 Å². The van der Waals surface area contributed by atoms with Gasteiger partial charge in [0.05, 0.1) is 0 Å². The van der Waals surface area contributed by atoms with Crippen LogP contribution in [0.15, 0.2) is 0 Å². The van der Waals surface area contributed by atoms with Gasteiger partial charge in [-0.3, -0.25) is 0 Å². The number of hydrogen-bond acceptors (Lipinski definition) is 1. The Morgan fingerprint density at radius 3 is 1.00 bits per heavy atom. The molecule has 0 spiro atoms. The minimum absolute atomic E-state index is 0. The maximum Gasteiger partial charge on any atom is 4.00 e. The first-order valence-corrected chi connectivity index (χ1v) is 0. The topological polar surface area (TPSA) is 58.5 Å². The molecule has 0 atom stereocenters. The fraction of sp³-hybridized carbons (Fsp3) is 0. The second-order valence-corrected chi connectivity index (χ2v) is 0. The van der Waals surface area contributed by atoms with E-state index in [1.807, 2.05) is 0 Å². The van der Waals surface area contributed by atoms with Crippen molar-refractivity contribution >= 4 is 0 Å². The van der Waals surface area contributed by atoms with Crippen LogP contribution < -0.4 is 18.9 Å². The summed E-state index contributed by atoms with van der Waals surface area (Å²) in [5.74, 6) is 0. The zero-order valence-electron chi connectivity index (χ0n) is 2.93. The Balaban J connectivity index is 0. The first kappa shape index (κ1) is 49.0. The SMILES string of the molecule is [La+3].[Li+].[O-2].[OH-].[Zr+4]. The van der Waals surface area contributed by atoms with Gasteiger partial charge in [0.1, 0.15) is 0 Å². The van der Waals surface area contributed by atoms with Crippen molar-refractivity contribution in [2.24, 2.45) is 0 Å². The molecule has 0 saturated carbocycles. The number of rotatable bonds is 0. The molecule has 0 rings (SSSR count). The minimum atomic E-state index is 0. The van der Waals surface area contributed by atoms with E-state index in [-0.39, 0.29) is 91.6 Å². The molecule has 0 saturated heterocycles. The second-order valence-electron chi connectivity index (χ2n) is 0. The fourth-order valence-electron chi connectivity index (χ4n) is 0. The summed E-state index contributed by atoms with van der Waals surface area (Å²) in [4.78, 5) is 0. The van der Waals surface area contributed by atoms with E-state index in [4.69, 9.17) is 0 Å². The third kappa shape index (κ3) is 20.7. The summed E-state index contributed by atoms with van der Waals surface area (Å²) >= 11 is 0. The van der Waals surface area contributed by atoms with E-state index in [1.165, 1.54) is 0 Å². The molecule has 0 aromatic carbocycles. The Morgan fingerprint density at radius 1 is 1.00 bits per heavy atom. The summed E-state index contributed by atoms with van der Waals surface area (Å²) in [6.45, 7) is 0. The molecule has 1 N–H and O–H groups in total. The minimum Gasteiger partial charge on any atom is -2.00 e. The largest absolute Gasteiger partial charge is 4.00 e. The first-order chi connectivity index (χ1) is 0. The standard InChI is InChI=1S/La.Li.H2O.O.Zr/h;;1H2;;/q+3;+1;;-2;+4/p-1. The van der Waals surface area contributed by atoms with Gasteiger partial charge in [0.15, 0.2) is 0 Å². The van der Waals surface area contributed by atoms with Crippen molar-refractivity contribution in [2.75, 3.05) is 0 Å². The predicted molar refractivity (Wildman–Crippen MR) is 2.62 cm³/mol. The summed E-state index contributed by atoms with van der Waals surface area (Å²) in [5, 5.41) is 0.